The molecule has 0 aromatic heterocycles. The number of anilines is 1. The van der Waals surface area contributed by atoms with Crippen molar-refractivity contribution in [2.75, 3.05) is 38.8 Å². The summed E-state index contributed by atoms with van der Waals surface area (Å²) in [4.78, 5) is 26.4. The Balaban J connectivity index is 1.81. The number of benzene rings is 2. The lowest BCUT2D eigenvalue weighted by Gasteiger charge is -2.34. The standard InChI is InChI=1S/C69H110N2O6/c1-7-11-15-19-23-27-31-38-49-68(50-39-32-28-24-20-16-12-8-2)61-56-59(75-5)44-46-63(61)70(53-48-67(73)74)65(68)42-36-35-37-43-66-69(51-40-33-29-25-21-17-13-9-3,52-41-34-30-26-22-18-14-10-4)62-57-60(76-6)45-47-64(62)71(66)54-55-77-58-72/h35-37,42-47,56-58H,7-34,38-41,48-55H2,1-6H3/p+1. The highest BCUT2D eigenvalue weighted by Crippen LogP contribution is 2.55. The molecule has 2 aromatic rings. The first-order valence-electron chi connectivity index (χ1n) is 31.9. The van der Waals surface area contributed by atoms with Crippen LogP contribution in [0.3, 0.4) is 0 Å². The van der Waals surface area contributed by atoms with Gasteiger partial charge >= 0.3 is 5.97 Å². The number of unbranched alkanes of at least 4 members (excludes halogenated alkanes) is 28. The van der Waals surface area contributed by atoms with Gasteiger partial charge < -0.3 is 24.2 Å². The SMILES string of the molecule is CCCCCCCCCCC1(CCCCCCCCCC)C(/C=C/C=C/C=C2/N(CCOC=O)c3ccc(OC)cc3C2(CCCCCCCCCC)CCCCCCCCCC)=[N+](CCC(=O)O)c2ccc(OC)cc21. The Hall–Kier alpha value is -4.33. The molecule has 0 amide bonds. The molecule has 0 radical (unpaired) electrons. The van der Waals surface area contributed by atoms with Gasteiger partial charge in [0.2, 0.25) is 5.69 Å². The van der Waals surface area contributed by atoms with Crippen LogP contribution in [0.4, 0.5) is 11.4 Å². The van der Waals surface area contributed by atoms with Crippen molar-refractivity contribution < 1.29 is 33.5 Å². The van der Waals surface area contributed by atoms with Gasteiger partial charge in [0.15, 0.2) is 12.3 Å². The maximum absolute atomic E-state index is 12.4. The minimum Gasteiger partial charge on any atom is -0.497 e. The first-order valence-corrected chi connectivity index (χ1v) is 31.9. The lowest BCUT2D eigenvalue weighted by Crippen LogP contribution is -2.35. The van der Waals surface area contributed by atoms with Gasteiger partial charge in [0.1, 0.15) is 24.5 Å². The second kappa shape index (κ2) is 39.1. The zero-order chi connectivity index (χ0) is 55.2. The van der Waals surface area contributed by atoms with Crippen LogP contribution in [0.5, 0.6) is 11.5 Å². The van der Waals surface area contributed by atoms with E-state index in [-0.39, 0.29) is 17.3 Å². The van der Waals surface area contributed by atoms with Gasteiger partial charge in [-0.15, -0.1) is 0 Å². The predicted molar refractivity (Wildman–Crippen MR) is 326 cm³/mol. The summed E-state index contributed by atoms with van der Waals surface area (Å²) in [6, 6.07) is 13.1. The number of nitrogens with zero attached hydrogens (tertiary/aromatic N) is 2. The van der Waals surface area contributed by atoms with E-state index in [1.165, 1.54) is 208 Å². The molecule has 1 N–H and O–H groups in total. The third-order valence-electron chi connectivity index (χ3n) is 17.2. The summed E-state index contributed by atoms with van der Waals surface area (Å²) in [5.74, 6) is 0.959. The molecule has 2 aliphatic rings. The second-order valence-corrected chi connectivity index (χ2v) is 22.9. The molecule has 432 valence electrons. The number of carboxylic acids is 1. The molecule has 77 heavy (non-hydrogen) atoms. The Morgan fingerprint density at radius 3 is 1.42 bits per heavy atom. The maximum atomic E-state index is 12.4. The van der Waals surface area contributed by atoms with Crippen LogP contribution in [-0.4, -0.2) is 61.8 Å². The predicted octanol–water partition coefficient (Wildman–Crippen LogP) is 19.6. The van der Waals surface area contributed by atoms with E-state index in [9.17, 15) is 14.7 Å². The number of carboxylic acid groups (broad SMARTS) is 1. The molecule has 8 nitrogen and oxygen atoms in total. The van der Waals surface area contributed by atoms with E-state index in [2.05, 4.69) is 104 Å². The Bertz CT molecular complexity index is 2030. The third kappa shape index (κ3) is 21.3. The van der Waals surface area contributed by atoms with Crippen LogP contribution < -0.4 is 14.4 Å². The molecule has 4 rings (SSSR count). The lowest BCUT2D eigenvalue weighted by molar-refractivity contribution is -0.436. The molecular weight excluding hydrogens is 953 g/mol. The van der Waals surface area contributed by atoms with Crippen LogP contribution in [0.25, 0.3) is 0 Å². The average molecular weight is 1060 g/mol. The van der Waals surface area contributed by atoms with Gasteiger partial charge in [-0.25, -0.2) is 0 Å². The molecular formula is C69H111N2O6+. The average Bonchev–Trinajstić information content (AvgIpc) is 3.86. The van der Waals surface area contributed by atoms with E-state index in [1.54, 1.807) is 14.2 Å². The van der Waals surface area contributed by atoms with Gasteiger partial charge in [0.25, 0.3) is 6.47 Å². The molecule has 0 saturated heterocycles. The number of hydrogen-bond acceptors (Lipinski definition) is 6. The zero-order valence-corrected chi connectivity index (χ0v) is 50.1. The van der Waals surface area contributed by atoms with Crippen LogP contribution >= 0.6 is 0 Å². The molecule has 2 aromatic carbocycles. The topological polar surface area (TPSA) is 88.3 Å². The number of hydrogen-bond donors (Lipinski definition) is 1. The molecule has 0 spiro atoms. The number of rotatable bonds is 48. The molecule has 0 atom stereocenters. The molecule has 0 fully saturated rings. The fourth-order valence-electron chi connectivity index (χ4n) is 12.9. The van der Waals surface area contributed by atoms with Crippen molar-refractivity contribution in [3.05, 3.63) is 83.6 Å². The minimum absolute atomic E-state index is 0.0607. The molecule has 0 aliphatic carbocycles. The largest absolute Gasteiger partial charge is 0.497 e. The number of methoxy groups -OCH3 is 2. The third-order valence-corrected chi connectivity index (χ3v) is 17.2. The number of carbonyl (C=O) groups excluding carboxylic acids is 1. The number of allylic oxidation sites excluding steroid dienone is 6. The normalized spacial score (nSPS) is 15.1. The van der Waals surface area contributed by atoms with Crippen molar-refractivity contribution in [2.45, 2.75) is 276 Å². The van der Waals surface area contributed by atoms with Gasteiger partial charge in [-0.1, -0.05) is 251 Å². The van der Waals surface area contributed by atoms with Crippen molar-refractivity contribution in [1.82, 2.24) is 0 Å². The summed E-state index contributed by atoms with van der Waals surface area (Å²) >= 11 is 0. The van der Waals surface area contributed by atoms with Crippen LogP contribution in [0.1, 0.15) is 276 Å². The van der Waals surface area contributed by atoms with Crippen LogP contribution in [0.15, 0.2) is 72.5 Å². The minimum atomic E-state index is -0.778. The molecule has 8 heteroatoms. The van der Waals surface area contributed by atoms with Crippen molar-refractivity contribution in [3.8, 4) is 11.5 Å². The summed E-state index contributed by atoms with van der Waals surface area (Å²) in [5.41, 5.74) is 6.94. The molecule has 2 aliphatic heterocycles. The summed E-state index contributed by atoms with van der Waals surface area (Å²) in [7, 11) is 3.54. The Morgan fingerprint density at radius 2 is 0.974 bits per heavy atom. The molecule has 0 unspecified atom stereocenters. The summed E-state index contributed by atoms with van der Waals surface area (Å²) in [5, 5.41) is 10.2. The van der Waals surface area contributed by atoms with Gasteiger partial charge in [-0.05, 0) is 67.7 Å². The van der Waals surface area contributed by atoms with Gasteiger partial charge in [-0.3, -0.25) is 9.59 Å². The number of aliphatic carboxylic acids is 1. The van der Waals surface area contributed by atoms with Crippen molar-refractivity contribution in [3.63, 3.8) is 0 Å². The fourth-order valence-corrected chi connectivity index (χ4v) is 12.9. The maximum Gasteiger partial charge on any atom is 0.309 e. The molecule has 0 saturated carbocycles. The van der Waals surface area contributed by atoms with E-state index in [0.29, 0.717) is 26.2 Å². The quantitative estimate of drug-likeness (QED) is 0.0306. The Kier molecular flexibility index (Phi) is 33.1. The van der Waals surface area contributed by atoms with E-state index >= 15 is 0 Å². The fraction of sp³-hybridized carbons (Fsp3) is 0.696. The summed E-state index contributed by atoms with van der Waals surface area (Å²) in [6.45, 7) is 11.0. The van der Waals surface area contributed by atoms with Gasteiger partial charge in [-0.2, -0.15) is 4.58 Å². The Morgan fingerprint density at radius 1 is 0.545 bits per heavy atom. The van der Waals surface area contributed by atoms with E-state index in [4.69, 9.17) is 14.2 Å². The highest BCUT2D eigenvalue weighted by molar-refractivity contribution is 6.04. The molecule has 2 heterocycles. The van der Waals surface area contributed by atoms with Gasteiger partial charge in [0.05, 0.1) is 26.2 Å². The zero-order valence-electron chi connectivity index (χ0n) is 50.1. The van der Waals surface area contributed by atoms with Crippen molar-refractivity contribution in [1.29, 1.82) is 0 Å². The highest BCUT2D eigenvalue weighted by atomic mass is 16.5. The van der Waals surface area contributed by atoms with Crippen molar-refractivity contribution >= 4 is 29.5 Å². The first kappa shape index (κ1) is 65.2. The van der Waals surface area contributed by atoms with E-state index in [1.807, 2.05) is 0 Å². The number of fused-ring (bicyclic) bond motifs is 2. The number of carbonyl (C=O) groups is 2. The number of ether oxygens (including phenoxy) is 3. The monoisotopic (exact) mass is 1060 g/mol. The smallest absolute Gasteiger partial charge is 0.309 e. The highest BCUT2D eigenvalue weighted by Gasteiger charge is 2.51. The Labute approximate surface area is 471 Å². The van der Waals surface area contributed by atoms with Crippen molar-refractivity contribution in [2.24, 2.45) is 0 Å². The first-order chi connectivity index (χ1) is 37.8. The summed E-state index contributed by atoms with van der Waals surface area (Å²) < 4.78 is 19.7. The lowest BCUT2D eigenvalue weighted by atomic mass is 9.70. The van der Waals surface area contributed by atoms with Crippen LogP contribution in [0.2, 0.25) is 0 Å². The van der Waals surface area contributed by atoms with E-state index in [0.717, 1.165) is 68.6 Å². The second-order valence-electron chi connectivity index (χ2n) is 22.9. The van der Waals surface area contributed by atoms with Gasteiger partial charge in [0, 0.05) is 34.5 Å². The van der Waals surface area contributed by atoms with Crippen LogP contribution in [0, 0.1) is 0 Å². The summed E-state index contributed by atoms with van der Waals surface area (Å²) in [6.07, 6.45) is 56.1. The molecule has 0 bridgehead atoms. The van der Waals surface area contributed by atoms with Crippen LogP contribution in [-0.2, 0) is 25.2 Å². The van der Waals surface area contributed by atoms with E-state index < -0.39 is 5.97 Å².